The van der Waals surface area contributed by atoms with E-state index in [1.165, 1.54) is 109 Å². The first kappa shape index (κ1) is 38.2. The third-order valence-electron chi connectivity index (χ3n) is 8.95. The standard InChI is InChI=1S/C38H66O4/c1-4-7-10-13-16-18-19-20-22-25-28-32-31-35(37(39)40)36(38(41)42)34(30-27-23-15-12-9-6-3)33(32)29-26-24-21-17-14-11-8-5-2/h31H,4-30H2,1-3H3,(H,39,40)(H,41,42). The summed E-state index contributed by atoms with van der Waals surface area (Å²) in [5.74, 6) is -2.20. The van der Waals surface area contributed by atoms with Crippen molar-refractivity contribution >= 4 is 11.9 Å². The van der Waals surface area contributed by atoms with Crippen molar-refractivity contribution in [2.45, 2.75) is 194 Å². The quantitative estimate of drug-likeness (QED) is 0.0915. The minimum absolute atomic E-state index is 0.00904. The van der Waals surface area contributed by atoms with Crippen molar-refractivity contribution in [2.24, 2.45) is 0 Å². The Balaban J connectivity index is 2.98. The van der Waals surface area contributed by atoms with Gasteiger partial charge in [-0.15, -0.1) is 0 Å². The molecule has 0 radical (unpaired) electrons. The van der Waals surface area contributed by atoms with Crippen LogP contribution in [0.3, 0.4) is 0 Å². The molecule has 0 spiro atoms. The molecule has 0 unspecified atom stereocenters. The van der Waals surface area contributed by atoms with Gasteiger partial charge in [0.05, 0.1) is 11.1 Å². The van der Waals surface area contributed by atoms with Gasteiger partial charge in [-0.2, -0.15) is 0 Å². The molecular formula is C38H66O4. The van der Waals surface area contributed by atoms with Crippen LogP contribution in [-0.2, 0) is 19.3 Å². The van der Waals surface area contributed by atoms with E-state index in [1.54, 1.807) is 6.07 Å². The van der Waals surface area contributed by atoms with Crippen molar-refractivity contribution in [3.63, 3.8) is 0 Å². The predicted octanol–water partition coefficient (Wildman–Crippen LogP) is 12.1. The van der Waals surface area contributed by atoms with Crippen molar-refractivity contribution in [2.75, 3.05) is 0 Å². The Morgan fingerprint density at radius 1 is 0.452 bits per heavy atom. The zero-order chi connectivity index (χ0) is 30.8. The van der Waals surface area contributed by atoms with Gasteiger partial charge in [-0.1, -0.05) is 156 Å². The topological polar surface area (TPSA) is 74.6 Å². The van der Waals surface area contributed by atoms with E-state index in [2.05, 4.69) is 20.8 Å². The van der Waals surface area contributed by atoms with Gasteiger partial charge >= 0.3 is 11.9 Å². The van der Waals surface area contributed by atoms with E-state index in [0.29, 0.717) is 6.42 Å². The number of hydrogen-bond acceptors (Lipinski definition) is 2. The third kappa shape index (κ3) is 16.7. The first-order valence-electron chi connectivity index (χ1n) is 18.1. The maximum Gasteiger partial charge on any atom is 0.336 e. The highest BCUT2D eigenvalue weighted by molar-refractivity contribution is 6.03. The van der Waals surface area contributed by atoms with Gasteiger partial charge < -0.3 is 10.2 Å². The van der Waals surface area contributed by atoms with Crippen LogP contribution in [0.5, 0.6) is 0 Å². The summed E-state index contributed by atoms with van der Waals surface area (Å²) in [4.78, 5) is 24.7. The number of aryl methyl sites for hydroxylation is 1. The van der Waals surface area contributed by atoms with E-state index < -0.39 is 11.9 Å². The Labute approximate surface area is 259 Å². The first-order chi connectivity index (χ1) is 20.5. The summed E-state index contributed by atoms with van der Waals surface area (Å²) in [6.45, 7) is 6.72. The van der Waals surface area contributed by atoms with E-state index in [0.717, 1.165) is 74.5 Å². The second kappa shape index (κ2) is 25.6. The van der Waals surface area contributed by atoms with Gasteiger partial charge in [0.1, 0.15) is 0 Å². The molecule has 42 heavy (non-hydrogen) atoms. The highest BCUT2D eigenvalue weighted by atomic mass is 16.4. The monoisotopic (exact) mass is 586 g/mol. The molecule has 0 atom stereocenters. The molecule has 0 aliphatic rings. The van der Waals surface area contributed by atoms with Crippen LogP contribution in [0.15, 0.2) is 6.07 Å². The molecular weight excluding hydrogens is 520 g/mol. The fraction of sp³-hybridized carbons (Fsp3) is 0.789. The molecule has 0 aliphatic carbocycles. The number of benzene rings is 1. The number of carboxylic acids is 2. The second-order valence-electron chi connectivity index (χ2n) is 12.7. The van der Waals surface area contributed by atoms with Gasteiger partial charge in [0.15, 0.2) is 0 Å². The largest absolute Gasteiger partial charge is 0.478 e. The lowest BCUT2D eigenvalue weighted by atomic mass is 9.84. The zero-order valence-corrected chi connectivity index (χ0v) is 27.9. The molecule has 4 nitrogen and oxygen atoms in total. The van der Waals surface area contributed by atoms with Crippen molar-refractivity contribution < 1.29 is 19.8 Å². The minimum Gasteiger partial charge on any atom is -0.478 e. The van der Waals surface area contributed by atoms with Crippen molar-refractivity contribution in [3.8, 4) is 0 Å². The summed E-state index contributed by atoms with van der Waals surface area (Å²) in [6, 6.07) is 1.73. The second-order valence-corrected chi connectivity index (χ2v) is 12.7. The Morgan fingerprint density at radius 3 is 1.14 bits per heavy atom. The summed E-state index contributed by atoms with van der Waals surface area (Å²) >= 11 is 0. The van der Waals surface area contributed by atoms with E-state index in [-0.39, 0.29) is 11.1 Å². The van der Waals surface area contributed by atoms with Gasteiger partial charge in [0.2, 0.25) is 0 Å². The fourth-order valence-electron chi connectivity index (χ4n) is 6.38. The molecule has 0 aromatic heterocycles. The normalized spacial score (nSPS) is 11.3. The lowest BCUT2D eigenvalue weighted by Gasteiger charge is -2.20. The number of rotatable bonds is 29. The summed E-state index contributed by atoms with van der Waals surface area (Å²) in [5, 5.41) is 20.2. The molecule has 4 heteroatoms. The van der Waals surface area contributed by atoms with Crippen LogP contribution in [0.4, 0.5) is 0 Å². The van der Waals surface area contributed by atoms with Gasteiger partial charge in [0.25, 0.3) is 0 Å². The number of unbranched alkanes of at least 4 members (excludes halogenated alkanes) is 21. The highest BCUT2D eigenvalue weighted by Gasteiger charge is 2.25. The molecule has 2 N–H and O–H groups in total. The van der Waals surface area contributed by atoms with Crippen molar-refractivity contribution in [1.29, 1.82) is 0 Å². The fourth-order valence-corrected chi connectivity index (χ4v) is 6.38. The summed E-state index contributed by atoms with van der Waals surface area (Å²) in [5.41, 5.74) is 3.12. The number of aromatic carboxylic acids is 2. The van der Waals surface area contributed by atoms with Crippen LogP contribution in [0.25, 0.3) is 0 Å². The average Bonchev–Trinajstić information content (AvgIpc) is 2.97. The molecule has 242 valence electrons. The molecule has 0 heterocycles. The van der Waals surface area contributed by atoms with E-state index >= 15 is 0 Å². The summed E-state index contributed by atoms with van der Waals surface area (Å²) < 4.78 is 0. The molecule has 0 aliphatic heterocycles. The zero-order valence-electron chi connectivity index (χ0n) is 27.9. The Morgan fingerprint density at radius 2 is 0.786 bits per heavy atom. The van der Waals surface area contributed by atoms with Gasteiger partial charge in [-0.3, -0.25) is 0 Å². The van der Waals surface area contributed by atoms with Crippen LogP contribution in [-0.4, -0.2) is 22.2 Å². The van der Waals surface area contributed by atoms with Crippen LogP contribution in [0, 0.1) is 0 Å². The Hall–Kier alpha value is -1.84. The molecule has 0 fully saturated rings. The minimum atomic E-state index is -1.11. The van der Waals surface area contributed by atoms with Crippen molar-refractivity contribution in [3.05, 3.63) is 33.9 Å². The molecule has 1 aromatic carbocycles. The van der Waals surface area contributed by atoms with Crippen LogP contribution in [0.2, 0.25) is 0 Å². The third-order valence-corrected chi connectivity index (χ3v) is 8.95. The maximum absolute atomic E-state index is 12.5. The smallest absolute Gasteiger partial charge is 0.336 e. The molecule has 0 bridgehead atoms. The van der Waals surface area contributed by atoms with Crippen LogP contribution < -0.4 is 0 Å². The number of carbonyl (C=O) groups is 2. The first-order valence-corrected chi connectivity index (χ1v) is 18.1. The lowest BCUT2D eigenvalue weighted by molar-refractivity contribution is 0.0650. The van der Waals surface area contributed by atoms with Gasteiger partial charge in [-0.05, 0) is 61.3 Å². The predicted molar refractivity (Wildman–Crippen MR) is 179 cm³/mol. The van der Waals surface area contributed by atoms with Crippen LogP contribution in [0.1, 0.15) is 212 Å². The summed E-state index contributed by atoms with van der Waals surface area (Å²) in [6.07, 6.45) is 31.8. The van der Waals surface area contributed by atoms with E-state index in [9.17, 15) is 19.8 Å². The Bertz CT molecular complexity index is 844. The average molecular weight is 587 g/mol. The maximum atomic E-state index is 12.5. The lowest BCUT2D eigenvalue weighted by Crippen LogP contribution is -2.16. The highest BCUT2D eigenvalue weighted by Crippen LogP contribution is 2.30. The van der Waals surface area contributed by atoms with Crippen LogP contribution >= 0.6 is 0 Å². The molecule has 0 amide bonds. The Kier molecular flexibility index (Phi) is 23.3. The van der Waals surface area contributed by atoms with Gasteiger partial charge in [-0.25, -0.2) is 9.59 Å². The van der Waals surface area contributed by atoms with Crippen molar-refractivity contribution in [1.82, 2.24) is 0 Å². The number of hydrogen-bond donors (Lipinski definition) is 2. The van der Waals surface area contributed by atoms with E-state index in [4.69, 9.17) is 0 Å². The SMILES string of the molecule is CCCCCCCCCCCCc1cc(C(=O)O)c(C(=O)O)c(CCCCCCCC)c1CCCCCCCCCC. The summed E-state index contributed by atoms with van der Waals surface area (Å²) in [7, 11) is 0. The van der Waals surface area contributed by atoms with Gasteiger partial charge in [0, 0.05) is 0 Å². The molecule has 0 saturated heterocycles. The van der Waals surface area contributed by atoms with E-state index in [1.807, 2.05) is 0 Å². The molecule has 0 saturated carbocycles. The number of carboxylic acid groups (broad SMARTS) is 2. The molecule has 1 aromatic rings. The molecule has 1 rings (SSSR count).